The largest absolute Gasteiger partial charge is 0.531 e. The van der Waals surface area contributed by atoms with E-state index in [1.807, 2.05) is 0 Å². The molecule has 0 amide bonds. The van der Waals surface area contributed by atoms with Crippen LogP contribution in [0.2, 0.25) is 0 Å². The van der Waals surface area contributed by atoms with Crippen molar-refractivity contribution in [2.24, 2.45) is 0 Å². The highest BCUT2D eigenvalue weighted by Crippen LogP contribution is 2.18. The summed E-state index contributed by atoms with van der Waals surface area (Å²) in [6.45, 7) is 9.60. The third-order valence-corrected chi connectivity index (χ3v) is 7.28. The maximum absolute atomic E-state index is 6.37. The van der Waals surface area contributed by atoms with Crippen LogP contribution in [-0.4, -0.2) is 33.4 Å². The molecule has 0 saturated heterocycles. The van der Waals surface area contributed by atoms with Crippen molar-refractivity contribution in [2.45, 2.75) is 182 Å². The molecule has 0 atom stereocenters. The van der Waals surface area contributed by atoms with Crippen LogP contribution < -0.4 is 0 Å². The summed E-state index contributed by atoms with van der Waals surface area (Å²) in [6.07, 6.45) is 29.9. The van der Waals surface area contributed by atoms with Crippen molar-refractivity contribution in [3.63, 3.8) is 0 Å². The SMILES string of the molecule is CCCCCCCCO[B-](OCCCCCCCC)(OCCCCCCCC)OCCCCCCCC. The Morgan fingerprint density at radius 1 is 0.270 bits per heavy atom. The molecule has 4 nitrogen and oxygen atoms in total. The Bertz CT molecular complexity index is 344. The molecule has 0 saturated carbocycles. The van der Waals surface area contributed by atoms with Gasteiger partial charge in [-0.2, -0.15) is 0 Å². The van der Waals surface area contributed by atoms with Crippen LogP contribution in [0.15, 0.2) is 0 Å². The summed E-state index contributed by atoms with van der Waals surface area (Å²) in [5.41, 5.74) is 0. The maximum atomic E-state index is 6.37. The minimum absolute atomic E-state index is 0.662. The molecule has 0 rings (SSSR count). The summed E-state index contributed by atoms with van der Waals surface area (Å²) >= 11 is 0. The standard InChI is InChI=1S/C32H68BO4/c1-5-9-13-17-21-25-29-34-33(35-30-26-22-18-14-10-6-2,36-31-27-23-19-15-11-7-3)37-32-28-24-20-16-12-8-4/h5-32H2,1-4H3/q-1. The first-order valence-corrected chi connectivity index (χ1v) is 16.9. The van der Waals surface area contributed by atoms with Gasteiger partial charge in [0.1, 0.15) is 0 Å². The number of rotatable bonds is 32. The van der Waals surface area contributed by atoms with Gasteiger partial charge in [0.05, 0.1) is 0 Å². The zero-order valence-corrected chi connectivity index (χ0v) is 26.0. The van der Waals surface area contributed by atoms with E-state index in [1.54, 1.807) is 0 Å². The molecule has 0 unspecified atom stereocenters. The van der Waals surface area contributed by atoms with Crippen LogP contribution in [0.5, 0.6) is 0 Å². The highest BCUT2D eigenvalue weighted by Gasteiger charge is 2.32. The van der Waals surface area contributed by atoms with Crippen molar-refractivity contribution < 1.29 is 18.6 Å². The van der Waals surface area contributed by atoms with Gasteiger partial charge in [0.15, 0.2) is 0 Å². The molecule has 0 aromatic heterocycles. The Kier molecular flexibility index (Phi) is 30.4. The molecule has 0 bridgehead atoms. The average molecular weight is 528 g/mol. The topological polar surface area (TPSA) is 36.9 Å². The summed E-state index contributed by atoms with van der Waals surface area (Å²) in [5.74, 6) is 0. The van der Waals surface area contributed by atoms with Crippen molar-refractivity contribution in [1.29, 1.82) is 0 Å². The molecular formula is C32H68BO4-. The van der Waals surface area contributed by atoms with E-state index in [0.717, 1.165) is 25.7 Å². The van der Waals surface area contributed by atoms with Gasteiger partial charge in [0.25, 0.3) is 0 Å². The molecule has 224 valence electrons. The smallest absolute Gasteiger partial charge is 0.518 e. The molecule has 0 radical (unpaired) electrons. The zero-order chi connectivity index (χ0) is 27.1. The van der Waals surface area contributed by atoms with E-state index in [2.05, 4.69) is 27.7 Å². The molecule has 0 aromatic carbocycles. The Balaban J connectivity index is 4.78. The van der Waals surface area contributed by atoms with Gasteiger partial charge in [-0.25, -0.2) is 0 Å². The van der Waals surface area contributed by atoms with E-state index in [9.17, 15) is 0 Å². The lowest BCUT2D eigenvalue weighted by Gasteiger charge is -2.41. The molecule has 0 aliphatic carbocycles. The molecule has 0 spiro atoms. The van der Waals surface area contributed by atoms with Crippen LogP contribution in [0.3, 0.4) is 0 Å². The fraction of sp³-hybridized carbons (Fsp3) is 1.00. The summed E-state index contributed by atoms with van der Waals surface area (Å²) in [7, 11) is 0. The molecule has 0 fully saturated rings. The Morgan fingerprint density at radius 3 is 0.676 bits per heavy atom. The predicted molar refractivity (Wildman–Crippen MR) is 163 cm³/mol. The summed E-state index contributed by atoms with van der Waals surface area (Å²) in [4.78, 5) is 0. The van der Waals surface area contributed by atoms with Gasteiger partial charge in [0, 0.05) is 26.4 Å². The van der Waals surface area contributed by atoms with E-state index >= 15 is 0 Å². The first-order chi connectivity index (χ1) is 18.2. The van der Waals surface area contributed by atoms with E-state index in [1.165, 1.54) is 128 Å². The van der Waals surface area contributed by atoms with Crippen molar-refractivity contribution in [3.8, 4) is 0 Å². The summed E-state index contributed by atoms with van der Waals surface area (Å²) in [5, 5.41) is 0. The molecule has 0 N–H and O–H groups in total. The Labute approximate surface area is 233 Å². The van der Waals surface area contributed by atoms with Crippen molar-refractivity contribution in [2.75, 3.05) is 26.4 Å². The normalized spacial score (nSPS) is 12.0. The van der Waals surface area contributed by atoms with Gasteiger partial charge in [0.2, 0.25) is 0 Å². The van der Waals surface area contributed by atoms with E-state index in [0.29, 0.717) is 26.4 Å². The quantitative estimate of drug-likeness (QED) is 0.0644. The van der Waals surface area contributed by atoms with Gasteiger partial charge >= 0.3 is 6.96 Å². The van der Waals surface area contributed by atoms with E-state index < -0.39 is 6.96 Å². The van der Waals surface area contributed by atoms with Crippen LogP contribution >= 0.6 is 0 Å². The van der Waals surface area contributed by atoms with Gasteiger partial charge < -0.3 is 18.6 Å². The van der Waals surface area contributed by atoms with Crippen LogP contribution in [-0.2, 0) is 18.6 Å². The fourth-order valence-electron chi connectivity index (χ4n) is 4.73. The van der Waals surface area contributed by atoms with E-state index in [-0.39, 0.29) is 0 Å². The molecular weight excluding hydrogens is 459 g/mol. The highest BCUT2D eigenvalue weighted by atomic mass is 16.9. The van der Waals surface area contributed by atoms with Crippen LogP contribution in [0.25, 0.3) is 0 Å². The van der Waals surface area contributed by atoms with Gasteiger partial charge in [-0.15, -0.1) is 0 Å². The monoisotopic (exact) mass is 528 g/mol. The lowest BCUT2D eigenvalue weighted by atomic mass is 10.0. The lowest BCUT2D eigenvalue weighted by Crippen LogP contribution is -2.50. The third kappa shape index (κ3) is 25.9. The first kappa shape index (κ1) is 36.9. The minimum atomic E-state index is -2.12. The van der Waals surface area contributed by atoms with Gasteiger partial charge in [-0.3, -0.25) is 0 Å². The van der Waals surface area contributed by atoms with Crippen molar-refractivity contribution >= 4 is 6.96 Å². The second kappa shape index (κ2) is 30.4. The molecule has 0 aliphatic heterocycles. The van der Waals surface area contributed by atoms with Crippen molar-refractivity contribution in [1.82, 2.24) is 0 Å². The van der Waals surface area contributed by atoms with Gasteiger partial charge in [-0.05, 0) is 25.7 Å². The van der Waals surface area contributed by atoms with Crippen LogP contribution in [0.1, 0.15) is 182 Å². The Hall–Kier alpha value is -0.0951. The zero-order valence-electron chi connectivity index (χ0n) is 26.0. The molecule has 5 heteroatoms. The fourth-order valence-corrected chi connectivity index (χ4v) is 4.73. The third-order valence-electron chi connectivity index (χ3n) is 7.28. The van der Waals surface area contributed by atoms with Gasteiger partial charge in [-0.1, -0.05) is 156 Å². The second-order valence-corrected chi connectivity index (χ2v) is 11.1. The van der Waals surface area contributed by atoms with Crippen LogP contribution in [0.4, 0.5) is 0 Å². The molecule has 0 aliphatic rings. The highest BCUT2D eigenvalue weighted by molar-refractivity contribution is 6.53. The summed E-state index contributed by atoms with van der Waals surface area (Å²) < 4.78 is 25.5. The van der Waals surface area contributed by atoms with Crippen molar-refractivity contribution in [3.05, 3.63) is 0 Å². The minimum Gasteiger partial charge on any atom is -0.518 e. The maximum Gasteiger partial charge on any atom is 0.531 e. The first-order valence-electron chi connectivity index (χ1n) is 16.9. The summed E-state index contributed by atoms with van der Waals surface area (Å²) in [6, 6.07) is 0. The lowest BCUT2D eigenvalue weighted by molar-refractivity contribution is -0.0375. The molecule has 37 heavy (non-hydrogen) atoms. The second-order valence-electron chi connectivity index (χ2n) is 11.1. The number of hydrogen-bond donors (Lipinski definition) is 0. The number of unbranched alkanes of at least 4 members (excludes halogenated alkanes) is 20. The average Bonchev–Trinajstić information content (AvgIpc) is 2.91. The molecule has 0 heterocycles. The predicted octanol–water partition coefficient (Wildman–Crippen LogP) is 10.9. The molecule has 0 aromatic rings. The Morgan fingerprint density at radius 2 is 0.459 bits per heavy atom. The van der Waals surface area contributed by atoms with E-state index in [4.69, 9.17) is 18.6 Å². The number of hydrogen-bond acceptors (Lipinski definition) is 4. The van der Waals surface area contributed by atoms with Crippen LogP contribution in [0, 0.1) is 0 Å².